The summed E-state index contributed by atoms with van der Waals surface area (Å²) in [5.74, 6) is 0.859. The fourth-order valence-electron chi connectivity index (χ4n) is 1.38. The van der Waals surface area contributed by atoms with Crippen LogP contribution >= 0.6 is 0 Å². The molecule has 0 aliphatic rings. The van der Waals surface area contributed by atoms with Crippen molar-refractivity contribution in [1.82, 2.24) is 5.32 Å². The molecule has 0 spiro atoms. The van der Waals surface area contributed by atoms with Crippen molar-refractivity contribution in [3.63, 3.8) is 0 Å². The number of likely N-dealkylation sites (N-methyl/N-ethyl adjacent to an activating group) is 1. The molecule has 0 saturated carbocycles. The SMILES string of the molecule is CCNCC(N)c1ccccc1OC. The Kier molecular flexibility index (Phi) is 4.43. The highest BCUT2D eigenvalue weighted by Crippen LogP contribution is 2.22. The van der Waals surface area contributed by atoms with Crippen molar-refractivity contribution < 1.29 is 4.74 Å². The highest BCUT2D eigenvalue weighted by molar-refractivity contribution is 5.35. The van der Waals surface area contributed by atoms with Crippen LogP contribution in [0.2, 0.25) is 0 Å². The number of benzene rings is 1. The highest BCUT2D eigenvalue weighted by Gasteiger charge is 2.09. The molecule has 1 rings (SSSR count). The van der Waals surface area contributed by atoms with E-state index >= 15 is 0 Å². The number of hydrogen-bond donors (Lipinski definition) is 2. The van der Waals surface area contributed by atoms with Crippen molar-refractivity contribution in [2.24, 2.45) is 5.73 Å². The first kappa shape index (κ1) is 11.0. The van der Waals surface area contributed by atoms with Gasteiger partial charge in [-0.3, -0.25) is 0 Å². The quantitative estimate of drug-likeness (QED) is 0.743. The van der Waals surface area contributed by atoms with Crippen LogP contribution in [0.1, 0.15) is 18.5 Å². The third kappa shape index (κ3) is 2.72. The zero-order chi connectivity index (χ0) is 10.4. The lowest BCUT2D eigenvalue weighted by atomic mass is 10.1. The van der Waals surface area contributed by atoms with Gasteiger partial charge in [0.25, 0.3) is 0 Å². The van der Waals surface area contributed by atoms with Crippen LogP contribution in [0, 0.1) is 0 Å². The molecular formula is C11H18N2O. The molecule has 1 atom stereocenters. The Balaban J connectivity index is 2.72. The summed E-state index contributed by atoms with van der Waals surface area (Å²) in [5, 5.41) is 3.22. The summed E-state index contributed by atoms with van der Waals surface area (Å²) in [6, 6.07) is 7.85. The summed E-state index contributed by atoms with van der Waals surface area (Å²) in [6.45, 7) is 3.77. The Labute approximate surface area is 85.3 Å². The van der Waals surface area contributed by atoms with Crippen LogP contribution < -0.4 is 15.8 Å². The Morgan fingerprint density at radius 2 is 2.14 bits per heavy atom. The normalized spacial score (nSPS) is 12.5. The van der Waals surface area contributed by atoms with Crippen LogP contribution in [0.4, 0.5) is 0 Å². The second-order valence-corrected chi connectivity index (χ2v) is 3.16. The van der Waals surface area contributed by atoms with Gasteiger partial charge in [-0.1, -0.05) is 25.1 Å². The fourth-order valence-corrected chi connectivity index (χ4v) is 1.38. The molecule has 3 heteroatoms. The van der Waals surface area contributed by atoms with E-state index in [1.807, 2.05) is 24.3 Å². The Morgan fingerprint density at radius 3 is 2.79 bits per heavy atom. The fraction of sp³-hybridized carbons (Fsp3) is 0.455. The van der Waals surface area contributed by atoms with E-state index in [0.29, 0.717) is 0 Å². The number of nitrogens with two attached hydrogens (primary N) is 1. The average Bonchev–Trinajstić information content (AvgIpc) is 2.25. The second-order valence-electron chi connectivity index (χ2n) is 3.16. The molecule has 1 aromatic rings. The molecule has 0 radical (unpaired) electrons. The van der Waals surface area contributed by atoms with Crippen molar-refractivity contribution in [2.75, 3.05) is 20.2 Å². The maximum Gasteiger partial charge on any atom is 0.123 e. The number of nitrogens with one attached hydrogen (secondary N) is 1. The molecule has 1 unspecified atom stereocenters. The Morgan fingerprint density at radius 1 is 1.43 bits per heavy atom. The number of rotatable bonds is 5. The lowest BCUT2D eigenvalue weighted by Gasteiger charge is -2.15. The van der Waals surface area contributed by atoms with Crippen LogP contribution in [0.3, 0.4) is 0 Å². The van der Waals surface area contributed by atoms with Gasteiger partial charge >= 0.3 is 0 Å². The smallest absolute Gasteiger partial charge is 0.123 e. The van der Waals surface area contributed by atoms with Gasteiger partial charge in [0.2, 0.25) is 0 Å². The van der Waals surface area contributed by atoms with Crippen molar-refractivity contribution in [2.45, 2.75) is 13.0 Å². The van der Waals surface area contributed by atoms with Crippen molar-refractivity contribution in [1.29, 1.82) is 0 Å². The van der Waals surface area contributed by atoms with Gasteiger partial charge in [-0.2, -0.15) is 0 Å². The molecule has 1 aromatic carbocycles. The highest BCUT2D eigenvalue weighted by atomic mass is 16.5. The van der Waals surface area contributed by atoms with E-state index in [4.69, 9.17) is 10.5 Å². The van der Waals surface area contributed by atoms with E-state index in [1.54, 1.807) is 7.11 Å². The van der Waals surface area contributed by atoms with Gasteiger partial charge in [0.15, 0.2) is 0 Å². The van der Waals surface area contributed by atoms with E-state index in [-0.39, 0.29) is 6.04 Å². The lowest BCUT2D eigenvalue weighted by molar-refractivity contribution is 0.404. The van der Waals surface area contributed by atoms with Crippen LogP contribution in [-0.2, 0) is 0 Å². The molecule has 0 fully saturated rings. The van der Waals surface area contributed by atoms with Crippen LogP contribution in [0.25, 0.3) is 0 Å². The van der Waals surface area contributed by atoms with E-state index in [1.165, 1.54) is 0 Å². The average molecular weight is 194 g/mol. The Hall–Kier alpha value is -1.06. The van der Waals surface area contributed by atoms with Crippen molar-refractivity contribution in [3.8, 4) is 5.75 Å². The molecule has 3 nitrogen and oxygen atoms in total. The molecule has 0 aliphatic heterocycles. The number of hydrogen-bond acceptors (Lipinski definition) is 3. The maximum absolute atomic E-state index is 6.01. The van der Waals surface area contributed by atoms with Gasteiger partial charge in [-0.15, -0.1) is 0 Å². The van der Waals surface area contributed by atoms with Gasteiger partial charge in [-0.05, 0) is 12.6 Å². The summed E-state index contributed by atoms with van der Waals surface area (Å²) in [5.41, 5.74) is 7.07. The van der Waals surface area contributed by atoms with E-state index in [2.05, 4.69) is 12.2 Å². The number of para-hydroxylation sites is 1. The molecule has 78 valence electrons. The predicted octanol–water partition coefficient (Wildman–Crippen LogP) is 1.30. The molecule has 0 bridgehead atoms. The van der Waals surface area contributed by atoms with Crippen LogP contribution in [-0.4, -0.2) is 20.2 Å². The maximum atomic E-state index is 6.01. The third-order valence-corrected chi connectivity index (χ3v) is 2.15. The van der Waals surface area contributed by atoms with E-state index in [9.17, 15) is 0 Å². The van der Waals surface area contributed by atoms with Crippen molar-refractivity contribution in [3.05, 3.63) is 29.8 Å². The molecule has 14 heavy (non-hydrogen) atoms. The van der Waals surface area contributed by atoms with Gasteiger partial charge < -0.3 is 15.8 Å². The van der Waals surface area contributed by atoms with E-state index < -0.39 is 0 Å². The minimum absolute atomic E-state index is 0.00824. The standard InChI is InChI=1S/C11H18N2O/c1-3-13-8-10(12)9-6-4-5-7-11(9)14-2/h4-7,10,13H,3,8,12H2,1-2H3. The third-order valence-electron chi connectivity index (χ3n) is 2.15. The minimum Gasteiger partial charge on any atom is -0.496 e. The first-order chi connectivity index (χ1) is 6.79. The van der Waals surface area contributed by atoms with Gasteiger partial charge in [0.1, 0.15) is 5.75 Å². The largest absolute Gasteiger partial charge is 0.496 e. The van der Waals surface area contributed by atoms with Crippen LogP contribution in [0.5, 0.6) is 5.75 Å². The number of methoxy groups -OCH3 is 1. The van der Waals surface area contributed by atoms with E-state index in [0.717, 1.165) is 24.4 Å². The van der Waals surface area contributed by atoms with Gasteiger partial charge in [0, 0.05) is 18.2 Å². The molecule has 0 heterocycles. The molecule has 0 saturated heterocycles. The lowest BCUT2D eigenvalue weighted by Crippen LogP contribution is -2.26. The summed E-state index contributed by atoms with van der Waals surface area (Å²) in [6.07, 6.45) is 0. The molecular weight excluding hydrogens is 176 g/mol. The van der Waals surface area contributed by atoms with Crippen molar-refractivity contribution >= 4 is 0 Å². The minimum atomic E-state index is -0.00824. The summed E-state index contributed by atoms with van der Waals surface area (Å²) in [7, 11) is 1.67. The van der Waals surface area contributed by atoms with Crippen LogP contribution in [0.15, 0.2) is 24.3 Å². The second kappa shape index (κ2) is 5.62. The first-order valence-electron chi connectivity index (χ1n) is 4.88. The number of ether oxygens (including phenoxy) is 1. The monoisotopic (exact) mass is 194 g/mol. The first-order valence-corrected chi connectivity index (χ1v) is 4.88. The summed E-state index contributed by atoms with van der Waals surface area (Å²) >= 11 is 0. The predicted molar refractivity (Wildman–Crippen MR) is 58.5 cm³/mol. The zero-order valence-electron chi connectivity index (χ0n) is 8.79. The zero-order valence-corrected chi connectivity index (χ0v) is 8.79. The summed E-state index contributed by atoms with van der Waals surface area (Å²) in [4.78, 5) is 0. The Bertz CT molecular complexity index is 276. The molecule has 0 aromatic heterocycles. The van der Waals surface area contributed by atoms with Gasteiger partial charge in [-0.25, -0.2) is 0 Å². The molecule has 0 aliphatic carbocycles. The molecule has 0 amide bonds. The van der Waals surface area contributed by atoms with Gasteiger partial charge in [0.05, 0.1) is 7.11 Å². The topological polar surface area (TPSA) is 47.3 Å². The summed E-state index contributed by atoms with van der Waals surface area (Å²) < 4.78 is 5.24. The molecule has 3 N–H and O–H groups in total.